The largest absolute Gasteiger partial charge is 0.463 e. The Kier molecular flexibility index (Phi) is 7.18. The SMILES string of the molecule is CCOC(=O)COc1ncccc1Oc1cc(NC(=O)NC)c(F)cc1Cl. The predicted molar refractivity (Wildman–Crippen MR) is 95.9 cm³/mol. The van der Waals surface area contributed by atoms with Crippen LogP contribution in [-0.4, -0.2) is 37.2 Å². The quantitative estimate of drug-likeness (QED) is 0.695. The van der Waals surface area contributed by atoms with Gasteiger partial charge in [0.05, 0.1) is 17.3 Å². The molecular formula is C17H17ClFN3O5. The van der Waals surface area contributed by atoms with Crippen LogP contribution in [0.1, 0.15) is 6.92 Å². The second kappa shape index (κ2) is 9.58. The van der Waals surface area contributed by atoms with E-state index in [0.29, 0.717) is 0 Å². The first kappa shape index (κ1) is 20.2. The number of hydrogen-bond acceptors (Lipinski definition) is 6. The molecule has 0 bridgehead atoms. The molecule has 1 aromatic carbocycles. The van der Waals surface area contributed by atoms with Gasteiger partial charge in [0.15, 0.2) is 12.4 Å². The number of nitrogens with one attached hydrogen (secondary N) is 2. The van der Waals surface area contributed by atoms with Gasteiger partial charge >= 0.3 is 12.0 Å². The van der Waals surface area contributed by atoms with Crippen LogP contribution in [-0.2, 0) is 9.53 Å². The maximum Gasteiger partial charge on any atom is 0.344 e. The Morgan fingerprint density at radius 3 is 2.78 bits per heavy atom. The van der Waals surface area contributed by atoms with Crippen molar-refractivity contribution in [1.29, 1.82) is 0 Å². The number of ether oxygens (including phenoxy) is 3. The molecular weight excluding hydrogens is 381 g/mol. The van der Waals surface area contributed by atoms with Gasteiger partial charge in [0.1, 0.15) is 11.6 Å². The number of carbonyl (C=O) groups is 2. The zero-order chi connectivity index (χ0) is 19.8. The number of halogens is 2. The first-order valence-corrected chi connectivity index (χ1v) is 8.21. The third-order valence-electron chi connectivity index (χ3n) is 3.09. The van der Waals surface area contributed by atoms with Gasteiger partial charge in [-0.2, -0.15) is 0 Å². The maximum atomic E-state index is 14.0. The van der Waals surface area contributed by atoms with E-state index in [9.17, 15) is 14.0 Å². The van der Waals surface area contributed by atoms with Crippen LogP contribution in [0, 0.1) is 5.82 Å². The van der Waals surface area contributed by atoms with E-state index >= 15 is 0 Å². The number of esters is 1. The summed E-state index contributed by atoms with van der Waals surface area (Å²) in [6.45, 7) is 1.54. The van der Waals surface area contributed by atoms with Gasteiger partial charge in [-0.05, 0) is 25.1 Å². The summed E-state index contributed by atoms with van der Waals surface area (Å²) in [6.07, 6.45) is 1.44. The van der Waals surface area contributed by atoms with Gasteiger partial charge in [0.2, 0.25) is 0 Å². The average Bonchev–Trinajstić information content (AvgIpc) is 2.65. The van der Waals surface area contributed by atoms with Crippen molar-refractivity contribution in [3.8, 4) is 17.4 Å². The zero-order valence-electron chi connectivity index (χ0n) is 14.5. The highest BCUT2D eigenvalue weighted by Crippen LogP contribution is 2.36. The Hall–Kier alpha value is -3.07. The Morgan fingerprint density at radius 1 is 1.30 bits per heavy atom. The number of urea groups is 1. The summed E-state index contributed by atoms with van der Waals surface area (Å²) in [7, 11) is 1.39. The van der Waals surface area contributed by atoms with E-state index < -0.39 is 17.8 Å². The molecule has 2 rings (SSSR count). The molecule has 0 radical (unpaired) electrons. The lowest BCUT2D eigenvalue weighted by Crippen LogP contribution is -2.25. The standard InChI is InChI=1S/C17H17ClFN3O5/c1-3-25-15(23)9-26-16-13(5-4-6-21-16)27-14-8-12(22-17(24)20-2)11(19)7-10(14)18/h4-8H,3,9H2,1-2H3,(H2,20,22,24). The Balaban J connectivity index is 2.22. The number of benzene rings is 1. The van der Waals surface area contributed by atoms with Crippen LogP contribution in [0.2, 0.25) is 5.02 Å². The van der Waals surface area contributed by atoms with Crippen LogP contribution < -0.4 is 20.1 Å². The Morgan fingerprint density at radius 2 is 2.07 bits per heavy atom. The van der Waals surface area contributed by atoms with Crippen LogP contribution >= 0.6 is 11.6 Å². The molecule has 27 heavy (non-hydrogen) atoms. The van der Waals surface area contributed by atoms with Gasteiger partial charge in [-0.3, -0.25) is 0 Å². The predicted octanol–water partition coefficient (Wildman–Crippen LogP) is 3.36. The summed E-state index contributed by atoms with van der Waals surface area (Å²) in [5.41, 5.74) is -0.133. The second-order valence-electron chi connectivity index (χ2n) is 4.97. The molecule has 0 aliphatic carbocycles. The van der Waals surface area contributed by atoms with Gasteiger partial charge in [-0.15, -0.1) is 0 Å². The van der Waals surface area contributed by atoms with Gasteiger partial charge in [0, 0.05) is 19.3 Å². The highest BCUT2D eigenvalue weighted by molar-refractivity contribution is 6.32. The van der Waals surface area contributed by atoms with Crippen LogP contribution in [0.5, 0.6) is 17.4 Å². The second-order valence-corrected chi connectivity index (χ2v) is 5.38. The molecule has 0 saturated carbocycles. The van der Waals surface area contributed by atoms with Crippen LogP contribution in [0.15, 0.2) is 30.5 Å². The summed E-state index contributed by atoms with van der Waals surface area (Å²) in [5.74, 6) is -1.08. The number of pyridine rings is 1. The van der Waals surface area contributed by atoms with E-state index in [-0.39, 0.29) is 41.3 Å². The van der Waals surface area contributed by atoms with Gasteiger partial charge in [0.25, 0.3) is 5.88 Å². The number of aromatic nitrogens is 1. The molecule has 2 aromatic rings. The van der Waals surface area contributed by atoms with E-state index in [1.807, 2.05) is 0 Å². The summed E-state index contributed by atoms with van der Waals surface area (Å²) in [5, 5.41) is 4.58. The van der Waals surface area contributed by atoms with E-state index in [2.05, 4.69) is 15.6 Å². The van der Waals surface area contributed by atoms with Crippen molar-refractivity contribution in [2.45, 2.75) is 6.92 Å². The van der Waals surface area contributed by atoms with E-state index in [1.165, 1.54) is 25.4 Å². The number of rotatable bonds is 7. The minimum atomic E-state index is -0.735. The number of nitrogens with zero attached hydrogens (tertiary/aromatic N) is 1. The number of amides is 2. The maximum absolute atomic E-state index is 14.0. The molecule has 2 N–H and O–H groups in total. The lowest BCUT2D eigenvalue weighted by molar-refractivity contribution is -0.145. The molecule has 0 aliphatic rings. The summed E-state index contributed by atoms with van der Waals surface area (Å²) < 4.78 is 29.7. The number of anilines is 1. The molecule has 2 amide bonds. The molecule has 1 heterocycles. The molecule has 10 heteroatoms. The van der Waals surface area contributed by atoms with Crippen LogP contribution in [0.4, 0.5) is 14.9 Å². The lowest BCUT2D eigenvalue weighted by Gasteiger charge is -2.13. The Bertz CT molecular complexity index is 834. The molecule has 8 nitrogen and oxygen atoms in total. The summed E-state index contributed by atoms with van der Waals surface area (Å²) in [6, 6.07) is 4.71. The molecule has 144 valence electrons. The van der Waals surface area contributed by atoms with Crippen molar-refractivity contribution in [1.82, 2.24) is 10.3 Å². The Labute approximate surface area is 159 Å². The first-order valence-electron chi connectivity index (χ1n) is 7.83. The van der Waals surface area contributed by atoms with Crippen LogP contribution in [0.3, 0.4) is 0 Å². The van der Waals surface area contributed by atoms with Gasteiger partial charge in [-0.1, -0.05) is 11.6 Å². The minimum Gasteiger partial charge on any atom is -0.463 e. The van der Waals surface area contributed by atoms with E-state index in [0.717, 1.165) is 6.07 Å². The van der Waals surface area contributed by atoms with Crippen molar-refractivity contribution in [3.05, 3.63) is 41.3 Å². The van der Waals surface area contributed by atoms with E-state index in [1.54, 1.807) is 13.0 Å². The molecule has 1 aromatic heterocycles. The van der Waals surface area contributed by atoms with Crippen molar-refractivity contribution in [2.24, 2.45) is 0 Å². The van der Waals surface area contributed by atoms with Crippen molar-refractivity contribution in [2.75, 3.05) is 25.6 Å². The summed E-state index contributed by atoms with van der Waals surface area (Å²) in [4.78, 5) is 26.8. The fraction of sp³-hybridized carbons (Fsp3) is 0.235. The fourth-order valence-electron chi connectivity index (χ4n) is 1.90. The fourth-order valence-corrected chi connectivity index (χ4v) is 2.09. The first-order chi connectivity index (χ1) is 12.9. The molecule has 0 aliphatic heterocycles. The summed E-state index contributed by atoms with van der Waals surface area (Å²) >= 11 is 6.01. The molecule has 0 unspecified atom stereocenters. The minimum absolute atomic E-state index is 0.0201. The van der Waals surface area contributed by atoms with Crippen molar-refractivity contribution >= 4 is 29.3 Å². The third-order valence-corrected chi connectivity index (χ3v) is 3.38. The zero-order valence-corrected chi connectivity index (χ0v) is 15.3. The molecule has 0 saturated heterocycles. The highest BCUT2D eigenvalue weighted by Gasteiger charge is 2.15. The van der Waals surface area contributed by atoms with Crippen molar-refractivity contribution < 1.29 is 28.2 Å². The van der Waals surface area contributed by atoms with Gasteiger partial charge in [-0.25, -0.2) is 19.0 Å². The highest BCUT2D eigenvalue weighted by atomic mass is 35.5. The molecule has 0 spiro atoms. The van der Waals surface area contributed by atoms with E-state index in [4.69, 9.17) is 25.8 Å². The average molecular weight is 398 g/mol. The molecule has 0 fully saturated rings. The normalized spacial score (nSPS) is 10.1. The number of carbonyl (C=O) groups excluding carboxylic acids is 2. The van der Waals surface area contributed by atoms with Crippen molar-refractivity contribution in [3.63, 3.8) is 0 Å². The third kappa shape index (κ3) is 5.71. The van der Waals surface area contributed by atoms with Gasteiger partial charge < -0.3 is 24.8 Å². The molecule has 0 atom stereocenters. The smallest absolute Gasteiger partial charge is 0.344 e. The monoisotopic (exact) mass is 397 g/mol. The topological polar surface area (TPSA) is 98.8 Å². The lowest BCUT2D eigenvalue weighted by atomic mass is 10.3. The number of hydrogen-bond donors (Lipinski definition) is 2. The van der Waals surface area contributed by atoms with Crippen LogP contribution in [0.25, 0.3) is 0 Å².